The number of thiocarbonyl (C=S) groups is 1. The summed E-state index contributed by atoms with van der Waals surface area (Å²) >= 11 is 4.89. The van der Waals surface area contributed by atoms with Crippen LogP contribution >= 0.6 is 12.2 Å². The molecule has 0 aliphatic rings. The van der Waals surface area contributed by atoms with Gasteiger partial charge in [-0.05, 0) is 31.3 Å². The first-order valence-corrected chi connectivity index (χ1v) is 5.60. The Balaban J connectivity index is 2.77. The molecule has 0 bridgehead atoms. The quantitative estimate of drug-likeness (QED) is 0.381. The molecule has 0 fully saturated rings. The van der Waals surface area contributed by atoms with Gasteiger partial charge in [-0.3, -0.25) is 5.43 Å². The van der Waals surface area contributed by atoms with Crippen LogP contribution in [0.25, 0.3) is 0 Å². The average Bonchev–Trinajstić information content (AvgIpc) is 2.33. The molecule has 1 aromatic rings. The first-order chi connectivity index (χ1) is 8.56. The Bertz CT molecular complexity index is 466. The van der Waals surface area contributed by atoms with Crippen molar-refractivity contribution in [1.82, 2.24) is 10.7 Å². The summed E-state index contributed by atoms with van der Waals surface area (Å²) in [6.07, 6.45) is 1.63. The van der Waals surface area contributed by atoms with E-state index in [4.69, 9.17) is 12.2 Å². The van der Waals surface area contributed by atoms with Gasteiger partial charge in [0.05, 0.1) is 11.3 Å². The summed E-state index contributed by atoms with van der Waals surface area (Å²) in [6, 6.07) is 3.64. The summed E-state index contributed by atoms with van der Waals surface area (Å²) in [7, 11) is 0. The van der Waals surface area contributed by atoms with Crippen LogP contribution in [0.1, 0.15) is 12.5 Å². The van der Waals surface area contributed by atoms with E-state index in [0.29, 0.717) is 6.54 Å². The predicted molar refractivity (Wildman–Crippen MR) is 72.5 cm³/mol. The molecule has 0 heterocycles. The van der Waals surface area contributed by atoms with Crippen LogP contribution in [0.2, 0.25) is 0 Å². The van der Waals surface area contributed by atoms with Crippen LogP contribution in [0.15, 0.2) is 36.0 Å². The SMILES string of the molecule is C=CCNC(=S)N/N=C(/C)c1c(F)cccc1F. The van der Waals surface area contributed by atoms with Gasteiger partial charge >= 0.3 is 0 Å². The molecule has 6 heteroatoms. The van der Waals surface area contributed by atoms with Gasteiger partial charge in [0.25, 0.3) is 0 Å². The molecule has 0 saturated heterocycles. The van der Waals surface area contributed by atoms with Crippen molar-refractivity contribution < 1.29 is 8.78 Å². The summed E-state index contributed by atoms with van der Waals surface area (Å²) in [5.74, 6) is -1.33. The Hall–Kier alpha value is -1.82. The largest absolute Gasteiger partial charge is 0.358 e. The summed E-state index contributed by atoms with van der Waals surface area (Å²) in [4.78, 5) is 0. The van der Waals surface area contributed by atoms with E-state index in [1.54, 1.807) is 6.08 Å². The maximum Gasteiger partial charge on any atom is 0.187 e. The standard InChI is InChI=1S/C12H13F2N3S/c1-3-7-15-12(18)17-16-8(2)11-9(13)5-4-6-10(11)14/h3-6H,1,7H2,2H3,(H2,15,17,18)/b16-8-. The fourth-order valence-electron chi connectivity index (χ4n) is 1.24. The molecular weight excluding hydrogens is 256 g/mol. The van der Waals surface area contributed by atoms with E-state index in [1.165, 1.54) is 25.1 Å². The minimum atomic E-state index is -0.664. The molecule has 0 atom stereocenters. The highest BCUT2D eigenvalue weighted by molar-refractivity contribution is 7.80. The highest BCUT2D eigenvalue weighted by atomic mass is 32.1. The topological polar surface area (TPSA) is 36.4 Å². The van der Waals surface area contributed by atoms with Crippen molar-refractivity contribution in [3.8, 4) is 0 Å². The van der Waals surface area contributed by atoms with Gasteiger partial charge in [-0.25, -0.2) is 8.78 Å². The number of hydrazone groups is 1. The second-order valence-electron chi connectivity index (χ2n) is 3.40. The lowest BCUT2D eigenvalue weighted by Crippen LogP contribution is -2.32. The molecule has 0 amide bonds. The number of halogens is 2. The van der Waals surface area contributed by atoms with E-state index in [1.807, 2.05) is 0 Å². The second-order valence-corrected chi connectivity index (χ2v) is 3.81. The molecule has 0 unspecified atom stereocenters. The number of hydrogen-bond acceptors (Lipinski definition) is 2. The minimum Gasteiger partial charge on any atom is -0.358 e. The molecule has 0 aliphatic heterocycles. The molecule has 3 nitrogen and oxygen atoms in total. The predicted octanol–water partition coefficient (Wildman–Crippen LogP) is 2.34. The number of nitrogens with one attached hydrogen (secondary N) is 2. The molecule has 1 aromatic carbocycles. The summed E-state index contributed by atoms with van der Waals surface area (Å²) in [5.41, 5.74) is 2.50. The van der Waals surface area contributed by atoms with Gasteiger partial charge in [-0.15, -0.1) is 6.58 Å². The maximum atomic E-state index is 13.4. The smallest absolute Gasteiger partial charge is 0.187 e. The van der Waals surface area contributed by atoms with E-state index in [0.717, 1.165) is 0 Å². The van der Waals surface area contributed by atoms with E-state index < -0.39 is 11.6 Å². The lowest BCUT2D eigenvalue weighted by Gasteiger charge is -2.07. The van der Waals surface area contributed by atoms with Gasteiger partial charge in [0, 0.05) is 6.54 Å². The van der Waals surface area contributed by atoms with Crippen LogP contribution < -0.4 is 10.7 Å². The van der Waals surface area contributed by atoms with Crippen LogP contribution in [0.4, 0.5) is 8.78 Å². The highest BCUT2D eigenvalue weighted by Crippen LogP contribution is 2.12. The zero-order valence-corrected chi connectivity index (χ0v) is 10.7. The number of rotatable bonds is 4. The molecule has 96 valence electrons. The van der Waals surface area contributed by atoms with E-state index >= 15 is 0 Å². The fraction of sp³-hybridized carbons (Fsp3) is 0.167. The van der Waals surface area contributed by atoms with Crippen LogP contribution in [-0.2, 0) is 0 Å². The third-order valence-corrected chi connectivity index (χ3v) is 2.29. The maximum absolute atomic E-state index is 13.4. The van der Waals surface area contributed by atoms with Gasteiger partial charge in [0.2, 0.25) is 0 Å². The normalized spacial score (nSPS) is 10.9. The van der Waals surface area contributed by atoms with Crippen molar-refractivity contribution in [2.24, 2.45) is 5.10 Å². The Morgan fingerprint density at radius 1 is 1.44 bits per heavy atom. The Labute approximate surface area is 110 Å². The van der Waals surface area contributed by atoms with E-state index in [2.05, 4.69) is 22.4 Å². The molecule has 2 N–H and O–H groups in total. The van der Waals surface area contributed by atoms with E-state index in [-0.39, 0.29) is 16.4 Å². The van der Waals surface area contributed by atoms with Crippen molar-refractivity contribution in [2.75, 3.05) is 6.54 Å². The van der Waals surface area contributed by atoms with Gasteiger partial charge < -0.3 is 5.32 Å². The van der Waals surface area contributed by atoms with Crippen LogP contribution in [-0.4, -0.2) is 17.4 Å². The third kappa shape index (κ3) is 3.89. The molecule has 0 aromatic heterocycles. The average molecular weight is 269 g/mol. The van der Waals surface area contributed by atoms with Gasteiger partial charge in [-0.1, -0.05) is 12.1 Å². The number of hydrogen-bond donors (Lipinski definition) is 2. The van der Waals surface area contributed by atoms with Crippen molar-refractivity contribution in [1.29, 1.82) is 0 Å². The zero-order chi connectivity index (χ0) is 13.5. The van der Waals surface area contributed by atoms with Crippen LogP contribution in [0.3, 0.4) is 0 Å². The molecule has 18 heavy (non-hydrogen) atoms. The second kappa shape index (κ2) is 6.80. The number of nitrogens with zero attached hydrogens (tertiary/aromatic N) is 1. The molecule has 0 saturated carbocycles. The summed E-state index contributed by atoms with van der Waals surface area (Å²) in [5, 5.41) is 6.85. The molecular formula is C12H13F2N3S. The lowest BCUT2D eigenvalue weighted by molar-refractivity contribution is 0.578. The molecule has 0 radical (unpaired) electrons. The number of benzene rings is 1. The molecule has 0 aliphatic carbocycles. The zero-order valence-electron chi connectivity index (χ0n) is 9.84. The van der Waals surface area contributed by atoms with Crippen LogP contribution in [0.5, 0.6) is 0 Å². The molecule has 1 rings (SSSR count). The Morgan fingerprint density at radius 2 is 2.06 bits per heavy atom. The van der Waals surface area contributed by atoms with Crippen molar-refractivity contribution in [3.63, 3.8) is 0 Å². The molecule has 0 spiro atoms. The summed E-state index contributed by atoms with van der Waals surface area (Å²) < 4.78 is 26.8. The van der Waals surface area contributed by atoms with Gasteiger partial charge in [-0.2, -0.15) is 5.10 Å². The van der Waals surface area contributed by atoms with Crippen molar-refractivity contribution >= 4 is 23.0 Å². The van der Waals surface area contributed by atoms with Gasteiger partial charge in [0.15, 0.2) is 5.11 Å². The third-order valence-electron chi connectivity index (χ3n) is 2.06. The first kappa shape index (κ1) is 14.2. The summed E-state index contributed by atoms with van der Waals surface area (Å²) in [6.45, 7) is 5.49. The fourth-order valence-corrected chi connectivity index (χ4v) is 1.37. The van der Waals surface area contributed by atoms with E-state index in [9.17, 15) is 8.78 Å². The Morgan fingerprint density at radius 3 is 2.61 bits per heavy atom. The van der Waals surface area contributed by atoms with Gasteiger partial charge in [0.1, 0.15) is 11.6 Å². The van der Waals surface area contributed by atoms with Crippen molar-refractivity contribution in [3.05, 3.63) is 48.1 Å². The van der Waals surface area contributed by atoms with Crippen molar-refractivity contribution in [2.45, 2.75) is 6.92 Å². The first-order valence-electron chi connectivity index (χ1n) is 5.19. The van der Waals surface area contributed by atoms with Crippen LogP contribution in [0, 0.1) is 11.6 Å². The lowest BCUT2D eigenvalue weighted by atomic mass is 10.1. The monoisotopic (exact) mass is 269 g/mol. The minimum absolute atomic E-state index is 0.170. The highest BCUT2D eigenvalue weighted by Gasteiger charge is 2.11. The Kier molecular flexibility index (Phi) is 5.38.